The smallest absolute Gasteiger partial charge is 0.307 e. The van der Waals surface area contributed by atoms with Crippen molar-refractivity contribution in [3.8, 4) is 0 Å². The van der Waals surface area contributed by atoms with Crippen molar-refractivity contribution in [3.05, 3.63) is 29.3 Å². The fourth-order valence-electron chi connectivity index (χ4n) is 2.43. The fourth-order valence-corrected chi connectivity index (χ4v) is 2.58. The maximum Gasteiger partial charge on any atom is 0.307 e. The molecule has 5 heteroatoms. The highest BCUT2D eigenvalue weighted by atomic mass is 35.5. The van der Waals surface area contributed by atoms with Crippen LogP contribution in [0.5, 0.6) is 0 Å². The Bertz CT molecular complexity index is 494. The summed E-state index contributed by atoms with van der Waals surface area (Å²) in [6, 6.07) is 6.01. The zero-order valence-corrected chi connectivity index (χ0v) is 14.3. The molecule has 0 heterocycles. The van der Waals surface area contributed by atoms with Gasteiger partial charge in [-0.25, -0.2) is 0 Å². The van der Waals surface area contributed by atoms with Crippen LogP contribution in [0.25, 0.3) is 0 Å². The summed E-state index contributed by atoms with van der Waals surface area (Å²) in [4.78, 5) is 25.5. The van der Waals surface area contributed by atoms with Gasteiger partial charge in [0.15, 0.2) is 0 Å². The van der Waals surface area contributed by atoms with E-state index in [0.29, 0.717) is 6.61 Å². The monoisotopic (exact) mass is 325 g/mol. The summed E-state index contributed by atoms with van der Waals surface area (Å²) >= 11 is 5.76. The first kappa shape index (κ1) is 18.5. The molecule has 0 aliphatic rings. The van der Waals surface area contributed by atoms with E-state index >= 15 is 0 Å². The van der Waals surface area contributed by atoms with Crippen LogP contribution >= 0.6 is 11.6 Å². The van der Waals surface area contributed by atoms with Crippen molar-refractivity contribution in [2.24, 2.45) is 0 Å². The maximum atomic E-state index is 12.3. The highest BCUT2D eigenvalue weighted by molar-refractivity contribution is 6.29. The molecule has 0 bridgehead atoms. The van der Waals surface area contributed by atoms with Gasteiger partial charge in [-0.3, -0.25) is 9.59 Å². The molecule has 1 rings (SSSR count). The molecule has 0 aliphatic heterocycles. The minimum absolute atomic E-state index is 0.107. The van der Waals surface area contributed by atoms with Gasteiger partial charge in [0.25, 0.3) is 0 Å². The lowest BCUT2D eigenvalue weighted by atomic mass is 10.0. The minimum Gasteiger partial charge on any atom is -0.466 e. The molecule has 22 heavy (non-hydrogen) atoms. The molecular formula is C17H24ClNO3. The highest BCUT2D eigenvalue weighted by Crippen LogP contribution is 2.27. The summed E-state index contributed by atoms with van der Waals surface area (Å²) in [5.74, 6) is -0.604. The summed E-state index contributed by atoms with van der Waals surface area (Å²) in [5, 5.41) is 0. The average molecular weight is 326 g/mol. The van der Waals surface area contributed by atoms with Crippen LogP contribution in [0, 0.1) is 0 Å². The number of amides is 1. The van der Waals surface area contributed by atoms with Crippen LogP contribution in [0.4, 0.5) is 5.69 Å². The predicted molar refractivity (Wildman–Crippen MR) is 89.5 cm³/mol. The second-order valence-corrected chi connectivity index (χ2v) is 5.13. The number of hydrogen-bond acceptors (Lipinski definition) is 3. The van der Waals surface area contributed by atoms with E-state index in [-0.39, 0.29) is 30.7 Å². The van der Waals surface area contributed by atoms with E-state index in [9.17, 15) is 9.59 Å². The lowest BCUT2D eigenvalue weighted by Crippen LogP contribution is -2.35. The number of rotatable bonds is 8. The number of halogens is 1. The van der Waals surface area contributed by atoms with Gasteiger partial charge in [-0.05, 0) is 30.9 Å². The van der Waals surface area contributed by atoms with Gasteiger partial charge >= 0.3 is 5.97 Å². The molecule has 122 valence electrons. The molecule has 1 amide bonds. The SMILES string of the molecule is CCOC(=O)CCN(C(=O)CCl)c1c(CC)cccc1CC. The number of aryl methyl sites for hydroxylation is 2. The van der Waals surface area contributed by atoms with Crippen molar-refractivity contribution in [2.45, 2.75) is 40.0 Å². The number of anilines is 1. The number of alkyl halides is 1. The van der Waals surface area contributed by atoms with E-state index < -0.39 is 0 Å². The molecule has 0 atom stereocenters. The van der Waals surface area contributed by atoms with E-state index in [2.05, 4.69) is 0 Å². The van der Waals surface area contributed by atoms with Crippen LogP contribution in [0.15, 0.2) is 18.2 Å². The van der Waals surface area contributed by atoms with E-state index in [4.69, 9.17) is 16.3 Å². The first-order valence-electron chi connectivity index (χ1n) is 7.71. The van der Waals surface area contributed by atoms with Crippen molar-refractivity contribution in [1.82, 2.24) is 0 Å². The Labute approximate surface area is 137 Å². The van der Waals surface area contributed by atoms with Crippen LogP contribution in [-0.4, -0.2) is 30.9 Å². The third-order valence-corrected chi connectivity index (χ3v) is 3.72. The Morgan fingerprint density at radius 1 is 1.14 bits per heavy atom. The molecule has 4 nitrogen and oxygen atoms in total. The van der Waals surface area contributed by atoms with E-state index in [1.165, 1.54) is 0 Å². The molecule has 0 aromatic heterocycles. The van der Waals surface area contributed by atoms with Gasteiger partial charge in [-0.2, -0.15) is 0 Å². The van der Waals surface area contributed by atoms with Gasteiger partial charge in [0.2, 0.25) is 5.91 Å². The molecule has 0 saturated carbocycles. The molecule has 0 aliphatic carbocycles. The number of carbonyl (C=O) groups excluding carboxylic acids is 2. The lowest BCUT2D eigenvalue weighted by molar-refractivity contribution is -0.142. The number of ether oxygens (including phenoxy) is 1. The van der Waals surface area contributed by atoms with E-state index in [1.807, 2.05) is 32.0 Å². The minimum atomic E-state index is -0.304. The summed E-state index contributed by atoms with van der Waals surface area (Å²) in [6.45, 7) is 6.49. The quantitative estimate of drug-likeness (QED) is 0.544. The molecule has 1 aromatic rings. The van der Waals surface area contributed by atoms with Gasteiger partial charge in [0, 0.05) is 6.54 Å². The Morgan fingerprint density at radius 3 is 2.18 bits per heavy atom. The Kier molecular flexibility index (Phi) is 7.96. The van der Waals surface area contributed by atoms with Crippen LogP contribution in [-0.2, 0) is 27.2 Å². The summed E-state index contributed by atoms with van der Waals surface area (Å²) in [6.07, 6.45) is 1.79. The van der Waals surface area contributed by atoms with Gasteiger partial charge < -0.3 is 9.64 Å². The zero-order chi connectivity index (χ0) is 16.5. The predicted octanol–water partition coefficient (Wildman–Crippen LogP) is 3.34. The number of para-hydroxylation sites is 1. The molecule has 0 radical (unpaired) electrons. The van der Waals surface area contributed by atoms with Gasteiger partial charge in [-0.1, -0.05) is 32.0 Å². The van der Waals surface area contributed by atoms with Gasteiger partial charge in [0.05, 0.1) is 18.7 Å². The Morgan fingerprint density at radius 2 is 1.73 bits per heavy atom. The summed E-state index contributed by atoms with van der Waals surface area (Å²) < 4.78 is 4.94. The van der Waals surface area contributed by atoms with Crippen LogP contribution < -0.4 is 4.90 Å². The van der Waals surface area contributed by atoms with Gasteiger partial charge in [0.1, 0.15) is 5.88 Å². The number of carbonyl (C=O) groups is 2. The van der Waals surface area contributed by atoms with Crippen molar-refractivity contribution in [1.29, 1.82) is 0 Å². The Hall–Kier alpha value is -1.55. The number of benzene rings is 1. The zero-order valence-electron chi connectivity index (χ0n) is 13.5. The normalized spacial score (nSPS) is 10.4. The Balaban J connectivity index is 3.11. The van der Waals surface area contributed by atoms with Crippen LogP contribution in [0.1, 0.15) is 38.3 Å². The third kappa shape index (κ3) is 4.73. The molecule has 0 unspecified atom stereocenters. The third-order valence-electron chi connectivity index (χ3n) is 3.50. The first-order valence-corrected chi connectivity index (χ1v) is 8.25. The summed E-state index contributed by atoms with van der Waals surface area (Å²) in [5.41, 5.74) is 3.06. The van der Waals surface area contributed by atoms with Gasteiger partial charge in [-0.15, -0.1) is 11.6 Å². The maximum absolute atomic E-state index is 12.3. The van der Waals surface area contributed by atoms with Crippen molar-refractivity contribution in [3.63, 3.8) is 0 Å². The largest absolute Gasteiger partial charge is 0.466 e. The molecule has 0 fully saturated rings. The van der Waals surface area contributed by atoms with Crippen molar-refractivity contribution in [2.75, 3.05) is 23.9 Å². The number of nitrogens with zero attached hydrogens (tertiary/aromatic N) is 1. The number of hydrogen-bond donors (Lipinski definition) is 0. The van der Waals surface area contributed by atoms with Crippen LogP contribution in [0.2, 0.25) is 0 Å². The average Bonchev–Trinajstić information content (AvgIpc) is 2.54. The first-order chi connectivity index (χ1) is 10.6. The second-order valence-electron chi connectivity index (χ2n) is 4.87. The molecule has 0 N–H and O–H groups in total. The molecule has 0 spiro atoms. The molecule has 1 aromatic carbocycles. The number of esters is 1. The van der Waals surface area contributed by atoms with E-state index in [1.54, 1.807) is 11.8 Å². The van der Waals surface area contributed by atoms with Crippen molar-refractivity contribution < 1.29 is 14.3 Å². The lowest BCUT2D eigenvalue weighted by Gasteiger charge is -2.26. The molecular weight excluding hydrogens is 302 g/mol. The van der Waals surface area contributed by atoms with Crippen LogP contribution in [0.3, 0.4) is 0 Å². The fraction of sp³-hybridized carbons (Fsp3) is 0.529. The second kappa shape index (κ2) is 9.46. The summed E-state index contributed by atoms with van der Waals surface area (Å²) in [7, 11) is 0. The topological polar surface area (TPSA) is 46.6 Å². The highest BCUT2D eigenvalue weighted by Gasteiger charge is 2.21. The van der Waals surface area contributed by atoms with Crippen molar-refractivity contribution >= 4 is 29.2 Å². The standard InChI is InChI=1S/C17H24ClNO3/c1-4-13-8-7-9-14(5-2)17(13)19(15(20)12-18)11-10-16(21)22-6-3/h7-9H,4-6,10-12H2,1-3H3. The van der Waals surface area contributed by atoms with E-state index in [0.717, 1.165) is 29.7 Å². The molecule has 0 saturated heterocycles.